The van der Waals surface area contributed by atoms with Crippen LogP contribution < -0.4 is 0 Å². The van der Waals surface area contributed by atoms with E-state index in [4.69, 9.17) is 18.0 Å². The van der Waals surface area contributed by atoms with Gasteiger partial charge in [0, 0.05) is 0 Å². The molecule has 1 aliphatic heterocycles. The van der Waals surface area contributed by atoms with Crippen LogP contribution in [0.2, 0.25) is 54.4 Å². The van der Waals surface area contributed by atoms with Crippen LogP contribution in [-0.2, 0) is 18.0 Å². The average Bonchev–Trinajstić information content (AvgIpc) is 2.85. The second kappa shape index (κ2) is 9.82. The van der Waals surface area contributed by atoms with Crippen LogP contribution in [-0.4, -0.2) is 61.1 Å². The fourth-order valence-corrected chi connectivity index (χ4v) is 6.41. The number of hydrogen-bond acceptors (Lipinski definition) is 5. The predicted molar refractivity (Wildman–Crippen MR) is 147 cm³/mol. The van der Waals surface area contributed by atoms with Crippen LogP contribution in [0.15, 0.2) is 12.3 Å². The van der Waals surface area contributed by atoms with Gasteiger partial charge < -0.3 is 23.1 Å². The molecule has 33 heavy (non-hydrogen) atoms. The Morgan fingerprint density at radius 2 is 1.18 bits per heavy atom. The molecule has 0 aliphatic carbocycles. The van der Waals surface area contributed by atoms with Crippen molar-refractivity contribution in [1.29, 1.82) is 0 Å². The van der Waals surface area contributed by atoms with E-state index < -0.39 is 49.4 Å². The number of hydrogen-bond donors (Lipinski definition) is 1. The van der Waals surface area contributed by atoms with E-state index >= 15 is 0 Å². The van der Waals surface area contributed by atoms with Gasteiger partial charge in [-0.3, -0.25) is 0 Å². The normalized spacial score (nSPS) is 24.7. The maximum Gasteiger partial charge on any atom is 0.193 e. The first-order valence-electron chi connectivity index (χ1n) is 12.4. The fourth-order valence-electron chi connectivity index (χ4n) is 2.84. The van der Waals surface area contributed by atoms with Crippen molar-refractivity contribution in [3.63, 3.8) is 0 Å². The Bertz CT molecular complexity index is 684. The minimum Gasteiger partial charge on any atom is -0.487 e. The van der Waals surface area contributed by atoms with E-state index in [0.29, 0.717) is 5.76 Å². The molecule has 0 aromatic carbocycles. The quantitative estimate of drug-likeness (QED) is 0.348. The smallest absolute Gasteiger partial charge is 0.193 e. The van der Waals surface area contributed by atoms with Crippen molar-refractivity contribution in [3.8, 4) is 0 Å². The zero-order chi connectivity index (χ0) is 26.4. The summed E-state index contributed by atoms with van der Waals surface area (Å²) in [6.45, 7) is 37.7. The van der Waals surface area contributed by atoms with Crippen LogP contribution in [0.25, 0.3) is 0 Å². The number of ether oxygens (including phenoxy) is 1. The van der Waals surface area contributed by atoms with Crippen LogP contribution in [0.5, 0.6) is 0 Å². The molecule has 1 heterocycles. The lowest BCUT2D eigenvalue weighted by Crippen LogP contribution is -2.55. The zero-order valence-electron chi connectivity index (χ0n) is 24.3. The van der Waals surface area contributed by atoms with E-state index in [0.717, 1.165) is 0 Å². The minimum atomic E-state index is -2.17. The summed E-state index contributed by atoms with van der Waals surface area (Å²) in [6.07, 6.45) is -2.19. The summed E-state index contributed by atoms with van der Waals surface area (Å²) in [5.41, 5.74) is 0. The molecule has 196 valence electrons. The van der Waals surface area contributed by atoms with Gasteiger partial charge in [-0.15, -0.1) is 0 Å². The fraction of sp³-hybridized carbons (Fsp3) is 0.920. The Labute approximate surface area is 208 Å². The van der Waals surface area contributed by atoms with Gasteiger partial charge in [0.1, 0.15) is 24.1 Å². The van der Waals surface area contributed by atoms with Gasteiger partial charge in [0.25, 0.3) is 0 Å². The molecule has 0 aromatic heterocycles. The highest BCUT2D eigenvalue weighted by molar-refractivity contribution is 6.75. The molecule has 1 aliphatic rings. The standard InChI is InChI=1S/C25H54O5Si3/c1-18-20(29-32(13,14)24(5,6)7)22(30-33(15,16)25(8,9)10)21(28-18)19(26)17-27-31(11,12)23(2,3)4/h19-22,26H,1,17H2,2-16H3/t19-,20+,21+,22-/m1/s1. The van der Waals surface area contributed by atoms with Crippen molar-refractivity contribution in [1.82, 2.24) is 0 Å². The third-order valence-electron chi connectivity index (χ3n) is 8.49. The Balaban J connectivity index is 3.26. The van der Waals surface area contributed by atoms with Crippen molar-refractivity contribution in [2.75, 3.05) is 6.61 Å². The second-order valence-electron chi connectivity index (χ2n) is 14.3. The summed E-state index contributed by atoms with van der Waals surface area (Å²) >= 11 is 0. The molecule has 8 heteroatoms. The molecule has 1 fully saturated rings. The largest absolute Gasteiger partial charge is 0.487 e. The van der Waals surface area contributed by atoms with Crippen LogP contribution in [0, 0.1) is 0 Å². The summed E-state index contributed by atoms with van der Waals surface area (Å²) in [6, 6.07) is 0. The van der Waals surface area contributed by atoms with Gasteiger partial charge in [-0.05, 0) is 54.4 Å². The monoisotopic (exact) mass is 518 g/mol. The molecule has 5 nitrogen and oxygen atoms in total. The average molecular weight is 519 g/mol. The highest BCUT2D eigenvalue weighted by Crippen LogP contribution is 2.45. The lowest BCUT2D eigenvalue weighted by atomic mass is 10.1. The molecular weight excluding hydrogens is 465 g/mol. The highest BCUT2D eigenvalue weighted by atomic mass is 28.4. The molecule has 0 unspecified atom stereocenters. The van der Waals surface area contributed by atoms with Crippen molar-refractivity contribution < 1.29 is 23.1 Å². The first-order valence-corrected chi connectivity index (χ1v) is 21.1. The lowest BCUT2D eigenvalue weighted by Gasteiger charge is -2.43. The van der Waals surface area contributed by atoms with Crippen molar-refractivity contribution >= 4 is 25.0 Å². The van der Waals surface area contributed by atoms with Gasteiger partial charge in [0.05, 0.1) is 6.61 Å². The van der Waals surface area contributed by atoms with Crippen molar-refractivity contribution in [2.45, 2.75) is 141 Å². The minimum absolute atomic E-state index is 0.0194. The van der Waals surface area contributed by atoms with Gasteiger partial charge in [0.15, 0.2) is 31.1 Å². The van der Waals surface area contributed by atoms with E-state index in [-0.39, 0.29) is 21.7 Å². The molecule has 1 N–H and O–H groups in total. The topological polar surface area (TPSA) is 57.2 Å². The molecule has 0 aromatic rings. The molecule has 0 saturated carbocycles. The maximum absolute atomic E-state index is 11.3. The van der Waals surface area contributed by atoms with Crippen LogP contribution in [0.4, 0.5) is 0 Å². The van der Waals surface area contributed by atoms with Gasteiger partial charge in [-0.1, -0.05) is 68.9 Å². The van der Waals surface area contributed by atoms with Gasteiger partial charge in [-0.2, -0.15) is 0 Å². The first kappa shape index (κ1) is 31.1. The van der Waals surface area contributed by atoms with Crippen molar-refractivity contribution in [3.05, 3.63) is 12.3 Å². The Kier molecular flexibility index (Phi) is 9.25. The summed E-state index contributed by atoms with van der Waals surface area (Å²) in [5.74, 6) is 0.555. The Morgan fingerprint density at radius 3 is 1.58 bits per heavy atom. The first-order chi connectivity index (χ1) is 14.3. The Hall–Kier alpha value is 0.0306. The van der Waals surface area contributed by atoms with E-state index in [1.54, 1.807) is 0 Å². The SMILES string of the molecule is C=C1O[C@@H]([C@H](O)CO[Si](C)(C)C(C)(C)C)[C@H](O[Si](C)(C)C(C)(C)C)[C@H]1O[Si](C)(C)C(C)(C)C. The molecule has 0 bridgehead atoms. The van der Waals surface area contributed by atoms with Gasteiger partial charge in [-0.25, -0.2) is 0 Å². The molecule has 0 spiro atoms. The summed E-state index contributed by atoms with van der Waals surface area (Å²) in [7, 11) is -6.30. The molecule has 1 saturated heterocycles. The van der Waals surface area contributed by atoms with Gasteiger partial charge in [0.2, 0.25) is 0 Å². The molecule has 0 radical (unpaired) electrons. The summed E-state index contributed by atoms with van der Waals surface area (Å²) in [4.78, 5) is 0. The zero-order valence-corrected chi connectivity index (χ0v) is 27.3. The van der Waals surface area contributed by atoms with Crippen LogP contribution >= 0.6 is 0 Å². The molecule has 4 atom stereocenters. The molecule has 0 amide bonds. The second-order valence-corrected chi connectivity index (χ2v) is 28.7. The highest BCUT2D eigenvalue weighted by Gasteiger charge is 2.53. The van der Waals surface area contributed by atoms with Gasteiger partial charge >= 0.3 is 0 Å². The number of aliphatic hydroxyl groups is 1. The van der Waals surface area contributed by atoms with Crippen molar-refractivity contribution in [2.24, 2.45) is 0 Å². The molecular formula is C25H54O5Si3. The lowest BCUT2D eigenvalue weighted by molar-refractivity contribution is -0.0553. The van der Waals surface area contributed by atoms with E-state index in [2.05, 4.69) is 108 Å². The third-order valence-corrected chi connectivity index (χ3v) is 21.9. The maximum atomic E-state index is 11.3. The number of rotatable bonds is 8. The van der Waals surface area contributed by atoms with Crippen LogP contribution in [0.1, 0.15) is 62.3 Å². The third kappa shape index (κ3) is 7.27. The van der Waals surface area contributed by atoms with E-state index in [1.165, 1.54) is 0 Å². The van der Waals surface area contributed by atoms with E-state index in [9.17, 15) is 5.11 Å². The summed E-state index contributed by atoms with van der Waals surface area (Å²) in [5, 5.41) is 11.4. The van der Waals surface area contributed by atoms with Crippen LogP contribution in [0.3, 0.4) is 0 Å². The molecule has 1 rings (SSSR count). The predicted octanol–water partition coefficient (Wildman–Crippen LogP) is 7.06. The van der Waals surface area contributed by atoms with E-state index in [1.807, 2.05) is 0 Å². The Morgan fingerprint density at radius 1 is 0.788 bits per heavy atom. The number of aliphatic hydroxyl groups excluding tert-OH is 1. The summed E-state index contributed by atoms with van der Waals surface area (Å²) < 4.78 is 26.2.